The van der Waals surface area contributed by atoms with Crippen LogP contribution in [-0.4, -0.2) is 42.9 Å². The van der Waals surface area contributed by atoms with Crippen LogP contribution in [0.1, 0.15) is 61.9 Å². The van der Waals surface area contributed by atoms with E-state index in [-0.39, 0.29) is 5.41 Å². The number of carboxylic acids is 1. The quantitative estimate of drug-likeness (QED) is 0.649. The molecule has 2 rings (SSSR count). The molecular weight excluding hydrogens is 316 g/mol. The topological polar surface area (TPSA) is 71.2 Å². The van der Waals surface area contributed by atoms with Gasteiger partial charge in [-0.25, -0.2) is 9.79 Å². The number of aromatic carboxylic acids is 1. The third-order valence-electron chi connectivity index (χ3n) is 4.73. The molecule has 0 amide bonds. The lowest BCUT2D eigenvalue weighted by molar-refractivity contribution is 0.0681. The van der Waals surface area contributed by atoms with Crippen LogP contribution in [0.5, 0.6) is 0 Å². The van der Waals surface area contributed by atoms with Gasteiger partial charge in [-0.15, -0.1) is 0 Å². The van der Waals surface area contributed by atoms with Crippen LogP contribution in [0, 0.1) is 0 Å². The van der Waals surface area contributed by atoms with Crippen molar-refractivity contribution in [2.75, 3.05) is 13.2 Å². The average Bonchev–Trinajstić information content (AvgIpc) is 2.62. The third-order valence-corrected chi connectivity index (χ3v) is 4.73. The van der Waals surface area contributed by atoms with Gasteiger partial charge in [-0.2, -0.15) is 0 Å². The van der Waals surface area contributed by atoms with Crippen molar-refractivity contribution in [1.29, 1.82) is 0 Å². The van der Waals surface area contributed by atoms with Crippen LogP contribution in [0.15, 0.2) is 34.3 Å². The highest BCUT2D eigenvalue weighted by molar-refractivity contribution is 5.88. The van der Waals surface area contributed by atoms with Crippen molar-refractivity contribution in [3.63, 3.8) is 0 Å². The van der Waals surface area contributed by atoms with Gasteiger partial charge in [0.25, 0.3) is 0 Å². The van der Waals surface area contributed by atoms with Gasteiger partial charge in [0.05, 0.1) is 23.6 Å². The summed E-state index contributed by atoms with van der Waals surface area (Å²) < 4.78 is 5.57. The Morgan fingerprint density at radius 1 is 1.28 bits per heavy atom. The second-order valence-electron chi connectivity index (χ2n) is 6.64. The summed E-state index contributed by atoms with van der Waals surface area (Å²) in [7, 11) is 0. The summed E-state index contributed by atoms with van der Waals surface area (Å²) in [4.78, 5) is 19.7. The molecule has 0 aliphatic carbocycles. The molecular formula is C20H28N2O3. The molecule has 5 heteroatoms. The van der Waals surface area contributed by atoms with Gasteiger partial charge in [-0.05, 0) is 44.4 Å². The number of aliphatic imine (C=N–C) groups is 2. The third kappa shape index (κ3) is 5.49. The molecule has 2 atom stereocenters. The lowest BCUT2D eigenvalue weighted by atomic mass is 9.76. The number of carboxylic acid groups (broad SMARTS) is 1. The van der Waals surface area contributed by atoms with Crippen molar-refractivity contribution in [1.82, 2.24) is 0 Å². The Morgan fingerprint density at radius 2 is 2.04 bits per heavy atom. The maximum absolute atomic E-state index is 11.1. The zero-order valence-electron chi connectivity index (χ0n) is 15.1. The van der Waals surface area contributed by atoms with E-state index in [1.54, 1.807) is 18.5 Å². The van der Waals surface area contributed by atoms with Gasteiger partial charge >= 0.3 is 5.97 Å². The molecule has 0 spiro atoms. The number of rotatable bonds is 10. The van der Waals surface area contributed by atoms with Crippen LogP contribution in [0.2, 0.25) is 0 Å². The van der Waals surface area contributed by atoms with Gasteiger partial charge in [0.2, 0.25) is 0 Å². The molecule has 0 saturated carbocycles. The van der Waals surface area contributed by atoms with Crippen molar-refractivity contribution < 1.29 is 14.6 Å². The highest BCUT2D eigenvalue weighted by atomic mass is 16.5. The van der Waals surface area contributed by atoms with Gasteiger partial charge in [0.15, 0.2) is 0 Å². The maximum Gasteiger partial charge on any atom is 0.335 e. The number of unbranched alkanes of at least 4 members (excludes halogenated alkanes) is 2. The molecule has 2 unspecified atom stereocenters. The first-order valence-corrected chi connectivity index (χ1v) is 9.05. The lowest BCUT2D eigenvalue weighted by Gasteiger charge is -2.30. The summed E-state index contributed by atoms with van der Waals surface area (Å²) in [5.74, 6) is -0.903. The van der Waals surface area contributed by atoms with Crippen LogP contribution in [-0.2, 0) is 10.2 Å². The van der Waals surface area contributed by atoms with E-state index < -0.39 is 5.97 Å². The number of nitrogens with zero attached hydrogens (tertiary/aromatic N) is 2. The van der Waals surface area contributed by atoms with Crippen molar-refractivity contribution >= 4 is 18.5 Å². The molecule has 1 aliphatic heterocycles. The number of benzene rings is 1. The van der Waals surface area contributed by atoms with Gasteiger partial charge in [0, 0.05) is 12.8 Å². The van der Waals surface area contributed by atoms with E-state index in [1.165, 1.54) is 0 Å². The number of ether oxygens (including phenoxy) is 1. The number of carbonyl (C=O) groups is 1. The minimum absolute atomic E-state index is 0.225. The van der Waals surface area contributed by atoms with Crippen LogP contribution in [0.3, 0.4) is 0 Å². The van der Waals surface area contributed by atoms with E-state index in [0.717, 1.165) is 44.3 Å². The van der Waals surface area contributed by atoms with Gasteiger partial charge < -0.3 is 9.84 Å². The predicted octanol–water partition coefficient (Wildman–Crippen LogP) is 4.11. The van der Waals surface area contributed by atoms with Crippen molar-refractivity contribution in [2.45, 2.75) is 57.5 Å². The van der Waals surface area contributed by atoms with Gasteiger partial charge in [0.1, 0.15) is 6.34 Å². The minimum Gasteiger partial charge on any atom is -0.478 e. The van der Waals surface area contributed by atoms with E-state index in [0.29, 0.717) is 18.2 Å². The van der Waals surface area contributed by atoms with E-state index in [2.05, 4.69) is 16.9 Å². The largest absolute Gasteiger partial charge is 0.478 e. The first-order chi connectivity index (χ1) is 12.1. The van der Waals surface area contributed by atoms with E-state index in [1.807, 2.05) is 25.3 Å². The summed E-state index contributed by atoms with van der Waals surface area (Å²) in [5.41, 5.74) is 1.16. The lowest BCUT2D eigenvalue weighted by Crippen LogP contribution is -2.33. The minimum atomic E-state index is -0.903. The standard InChI is InChI=1S/C20H28N2O3/c1-3-25-16(2)7-5-4-6-12-20(13-21-15-22-14-20)18-10-8-17(9-11-18)19(23)24/h8-11,13,15-16H,3-7,12,14H2,1-2H3,(H,23,24). The van der Waals surface area contributed by atoms with Crippen LogP contribution < -0.4 is 0 Å². The zero-order valence-corrected chi connectivity index (χ0v) is 15.1. The first kappa shape index (κ1) is 19.3. The summed E-state index contributed by atoms with van der Waals surface area (Å²) >= 11 is 0. The Morgan fingerprint density at radius 3 is 2.64 bits per heavy atom. The summed E-state index contributed by atoms with van der Waals surface area (Å²) in [6.07, 6.45) is 9.31. The molecule has 0 fully saturated rings. The van der Waals surface area contributed by atoms with Gasteiger partial charge in [-0.1, -0.05) is 31.4 Å². The SMILES string of the molecule is CCOC(C)CCCCCC1(c2ccc(C(=O)O)cc2)C=NC=NC1. The predicted molar refractivity (Wildman–Crippen MR) is 101 cm³/mol. The zero-order chi connectivity index (χ0) is 18.1. The second-order valence-corrected chi connectivity index (χ2v) is 6.64. The van der Waals surface area contributed by atoms with Crippen molar-refractivity contribution in [3.05, 3.63) is 35.4 Å². The van der Waals surface area contributed by atoms with E-state index >= 15 is 0 Å². The number of hydrogen-bond acceptors (Lipinski definition) is 4. The van der Waals surface area contributed by atoms with Crippen molar-refractivity contribution in [3.8, 4) is 0 Å². The smallest absolute Gasteiger partial charge is 0.335 e. The van der Waals surface area contributed by atoms with Crippen molar-refractivity contribution in [2.24, 2.45) is 9.98 Å². The first-order valence-electron chi connectivity index (χ1n) is 9.05. The summed E-state index contributed by atoms with van der Waals surface area (Å²) in [6, 6.07) is 7.12. The van der Waals surface area contributed by atoms with E-state index in [4.69, 9.17) is 9.84 Å². The van der Waals surface area contributed by atoms with Crippen LogP contribution >= 0.6 is 0 Å². The monoisotopic (exact) mass is 344 g/mol. The highest BCUT2D eigenvalue weighted by Crippen LogP contribution is 2.31. The highest BCUT2D eigenvalue weighted by Gasteiger charge is 2.31. The normalized spacial score (nSPS) is 20.6. The molecule has 5 nitrogen and oxygen atoms in total. The molecule has 1 heterocycles. The molecule has 0 aromatic heterocycles. The average molecular weight is 344 g/mol. The Labute approximate surface area is 149 Å². The fourth-order valence-corrected chi connectivity index (χ4v) is 3.28. The van der Waals surface area contributed by atoms with Gasteiger partial charge in [-0.3, -0.25) is 4.99 Å². The molecule has 25 heavy (non-hydrogen) atoms. The molecule has 136 valence electrons. The molecule has 1 N–H and O–H groups in total. The molecule has 1 aromatic carbocycles. The second kappa shape index (κ2) is 9.47. The summed E-state index contributed by atoms with van der Waals surface area (Å²) in [5, 5.41) is 9.07. The summed E-state index contributed by atoms with van der Waals surface area (Å²) in [6.45, 7) is 5.58. The molecule has 0 saturated heterocycles. The molecule has 1 aliphatic rings. The van der Waals surface area contributed by atoms with Crippen LogP contribution in [0.4, 0.5) is 0 Å². The Hall–Kier alpha value is -2.01. The molecule has 1 aromatic rings. The maximum atomic E-state index is 11.1. The fourth-order valence-electron chi connectivity index (χ4n) is 3.28. The Balaban J connectivity index is 1.95. The molecule has 0 radical (unpaired) electrons. The Bertz CT molecular complexity index is 610. The van der Waals surface area contributed by atoms with Crippen LogP contribution in [0.25, 0.3) is 0 Å². The van der Waals surface area contributed by atoms with E-state index in [9.17, 15) is 4.79 Å². The molecule has 0 bridgehead atoms. The Kier molecular flexibility index (Phi) is 7.31. The fraction of sp³-hybridized carbons (Fsp3) is 0.550. The number of hydrogen-bond donors (Lipinski definition) is 1.